The van der Waals surface area contributed by atoms with Crippen LogP contribution in [0.2, 0.25) is 0 Å². The van der Waals surface area contributed by atoms with Gasteiger partial charge >= 0.3 is 6.03 Å². The van der Waals surface area contributed by atoms with Gasteiger partial charge in [-0.15, -0.1) is 0 Å². The van der Waals surface area contributed by atoms with Gasteiger partial charge in [0.2, 0.25) is 5.91 Å². The van der Waals surface area contributed by atoms with E-state index >= 15 is 0 Å². The van der Waals surface area contributed by atoms with E-state index in [9.17, 15) is 9.59 Å². The van der Waals surface area contributed by atoms with Crippen molar-refractivity contribution < 1.29 is 9.59 Å². The molecule has 0 fully saturated rings. The Kier molecular flexibility index (Phi) is 7.01. The van der Waals surface area contributed by atoms with Crippen molar-refractivity contribution in [2.75, 3.05) is 0 Å². The first-order valence-electron chi connectivity index (χ1n) is 8.15. The number of primary amides is 1. The minimum atomic E-state index is -0.651. The summed E-state index contributed by atoms with van der Waals surface area (Å²) < 4.78 is 0.993. The number of urea groups is 1. The number of amides is 3. The fourth-order valence-corrected chi connectivity index (χ4v) is 2.93. The van der Waals surface area contributed by atoms with Crippen molar-refractivity contribution in [3.05, 3.63) is 70.2 Å². The first kappa shape index (κ1) is 19.0. The molecular formula is C19H22BrN3O2. The third-order valence-corrected chi connectivity index (χ3v) is 4.45. The number of carbonyl (C=O) groups is 2. The normalized spacial score (nSPS) is 12.9. The number of nitrogens with two attached hydrogens (primary N) is 1. The Hall–Kier alpha value is -2.34. The topological polar surface area (TPSA) is 84.2 Å². The molecule has 0 heterocycles. The van der Waals surface area contributed by atoms with Crippen molar-refractivity contribution in [1.29, 1.82) is 0 Å². The molecule has 6 heteroatoms. The average Bonchev–Trinajstić information content (AvgIpc) is 2.60. The zero-order valence-electron chi connectivity index (χ0n) is 14.0. The van der Waals surface area contributed by atoms with Crippen molar-refractivity contribution >= 4 is 27.9 Å². The van der Waals surface area contributed by atoms with Gasteiger partial charge in [-0.1, -0.05) is 65.3 Å². The largest absolute Gasteiger partial charge is 0.352 e. The van der Waals surface area contributed by atoms with Crippen LogP contribution in [0.25, 0.3) is 0 Å². The molecule has 25 heavy (non-hydrogen) atoms. The van der Waals surface area contributed by atoms with Gasteiger partial charge in [0.05, 0.1) is 18.5 Å². The second-order valence-corrected chi connectivity index (χ2v) is 6.67. The molecule has 0 spiro atoms. The minimum Gasteiger partial charge on any atom is -0.352 e. The number of hydrogen-bond acceptors (Lipinski definition) is 2. The zero-order chi connectivity index (χ0) is 18.2. The highest BCUT2D eigenvalue weighted by atomic mass is 79.9. The van der Waals surface area contributed by atoms with Gasteiger partial charge in [0, 0.05) is 4.47 Å². The average molecular weight is 404 g/mol. The number of carbonyl (C=O) groups excluding carboxylic acids is 2. The van der Waals surface area contributed by atoms with E-state index in [1.54, 1.807) is 0 Å². The third kappa shape index (κ3) is 5.90. The van der Waals surface area contributed by atoms with Gasteiger partial charge in [0.25, 0.3) is 0 Å². The molecule has 2 atom stereocenters. The summed E-state index contributed by atoms with van der Waals surface area (Å²) in [5, 5.41) is 5.67. The molecule has 2 aromatic rings. The van der Waals surface area contributed by atoms with Gasteiger partial charge in [0.15, 0.2) is 0 Å². The molecule has 0 saturated heterocycles. The molecular weight excluding hydrogens is 382 g/mol. The number of nitrogens with one attached hydrogen (secondary N) is 2. The van der Waals surface area contributed by atoms with Gasteiger partial charge in [-0.3, -0.25) is 4.79 Å². The van der Waals surface area contributed by atoms with E-state index in [4.69, 9.17) is 5.73 Å². The maximum absolute atomic E-state index is 12.5. The molecule has 0 saturated carbocycles. The van der Waals surface area contributed by atoms with Gasteiger partial charge in [-0.2, -0.15) is 0 Å². The number of rotatable bonds is 7. The fourth-order valence-electron chi connectivity index (χ4n) is 2.66. The second kappa shape index (κ2) is 9.22. The quantitative estimate of drug-likeness (QED) is 0.656. The Morgan fingerprint density at radius 3 is 2.12 bits per heavy atom. The van der Waals surface area contributed by atoms with Crippen molar-refractivity contribution in [3.63, 3.8) is 0 Å². The number of halogens is 1. The molecule has 0 aliphatic heterocycles. The maximum atomic E-state index is 12.5. The van der Waals surface area contributed by atoms with Crippen LogP contribution in [-0.2, 0) is 4.79 Å². The molecule has 2 rings (SSSR count). The van der Waals surface area contributed by atoms with Gasteiger partial charge < -0.3 is 16.4 Å². The van der Waals surface area contributed by atoms with Crippen molar-refractivity contribution in [3.8, 4) is 0 Å². The predicted octanol–water partition coefficient (Wildman–Crippen LogP) is 3.82. The summed E-state index contributed by atoms with van der Waals surface area (Å²) in [5.41, 5.74) is 7.13. The van der Waals surface area contributed by atoms with Crippen molar-refractivity contribution in [2.45, 2.75) is 31.8 Å². The standard InChI is InChI=1S/C19H22BrN3O2/c1-2-16(14-8-10-15(20)11-9-14)22-18(24)12-17(23-19(21)25)13-6-4-3-5-7-13/h3-11,16-17H,2,12H2,1H3,(H,22,24)(H3,21,23,25). The maximum Gasteiger partial charge on any atom is 0.312 e. The highest BCUT2D eigenvalue weighted by Crippen LogP contribution is 2.21. The molecule has 4 N–H and O–H groups in total. The molecule has 0 bridgehead atoms. The highest BCUT2D eigenvalue weighted by Gasteiger charge is 2.19. The Labute approximate surface area is 156 Å². The molecule has 0 radical (unpaired) electrons. The molecule has 0 aromatic heterocycles. The monoisotopic (exact) mass is 403 g/mol. The zero-order valence-corrected chi connectivity index (χ0v) is 15.6. The van der Waals surface area contributed by atoms with Crippen molar-refractivity contribution in [1.82, 2.24) is 10.6 Å². The summed E-state index contributed by atoms with van der Waals surface area (Å²) in [4.78, 5) is 23.8. The Bertz CT molecular complexity index is 704. The molecule has 3 amide bonds. The van der Waals surface area contributed by atoms with E-state index in [1.807, 2.05) is 61.5 Å². The molecule has 0 aliphatic carbocycles. The van der Waals surface area contributed by atoms with Crippen molar-refractivity contribution in [2.24, 2.45) is 5.73 Å². The second-order valence-electron chi connectivity index (χ2n) is 5.76. The first-order valence-corrected chi connectivity index (χ1v) is 8.94. The van der Waals surface area contributed by atoms with E-state index in [0.29, 0.717) is 0 Å². The summed E-state index contributed by atoms with van der Waals surface area (Å²) in [6, 6.07) is 16.0. The Morgan fingerprint density at radius 2 is 1.56 bits per heavy atom. The Balaban J connectivity index is 2.06. The number of hydrogen-bond donors (Lipinski definition) is 3. The molecule has 132 valence electrons. The molecule has 0 aliphatic rings. The first-order chi connectivity index (χ1) is 12.0. The van der Waals surface area contributed by atoms with Crippen LogP contribution >= 0.6 is 15.9 Å². The number of benzene rings is 2. The fraction of sp³-hybridized carbons (Fsp3) is 0.263. The minimum absolute atomic E-state index is 0.0781. The van der Waals surface area contributed by atoms with Crippen LogP contribution in [0.3, 0.4) is 0 Å². The van der Waals surface area contributed by atoms with E-state index in [0.717, 1.165) is 22.0 Å². The van der Waals surface area contributed by atoms with Crippen LogP contribution in [0.4, 0.5) is 4.79 Å². The summed E-state index contributed by atoms with van der Waals surface area (Å²) in [6.07, 6.45) is 0.895. The molecule has 2 aromatic carbocycles. The lowest BCUT2D eigenvalue weighted by Crippen LogP contribution is -2.37. The predicted molar refractivity (Wildman–Crippen MR) is 102 cm³/mol. The van der Waals surface area contributed by atoms with Gasteiger partial charge in [0.1, 0.15) is 0 Å². The van der Waals surface area contributed by atoms with E-state index in [-0.39, 0.29) is 18.4 Å². The van der Waals surface area contributed by atoms with Gasteiger partial charge in [-0.25, -0.2) is 4.79 Å². The lowest BCUT2D eigenvalue weighted by atomic mass is 10.0. The van der Waals surface area contributed by atoms with E-state index in [1.165, 1.54) is 0 Å². The molecule has 5 nitrogen and oxygen atoms in total. The SMILES string of the molecule is CCC(NC(=O)CC(NC(N)=O)c1ccccc1)c1ccc(Br)cc1. The van der Waals surface area contributed by atoms with Crippen LogP contribution in [0, 0.1) is 0 Å². The summed E-state index contributed by atoms with van der Waals surface area (Å²) in [6.45, 7) is 2.02. The smallest absolute Gasteiger partial charge is 0.312 e. The summed E-state index contributed by atoms with van der Waals surface area (Å²) >= 11 is 3.41. The summed E-state index contributed by atoms with van der Waals surface area (Å²) in [7, 11) is 0. The lowest BCUT2D eigenvalue weighted by Gasteiger charge is -2.21. The lowest BCUT2D eigenvalue weighted by molar-refractivity contribution is -0.122. The van der Waals surface area contributed by atoms with Crippen LogP contribution < -0.4 is 16.4 Å². The van der Waals surface area contributed by atoms with Gasteiger partial charge in [-0.05, 0) is 29.7 Å². The molecule has 2 unspecified atom stereocenters. The van der Waals surface area contributed by atoms with E-state index in [2.05, 4.69) is 26.6 Å². The van der Waals surface area contributed by atoms with E-state index < -0.39 is 12.1 Å². The third-order valence-electron chi connectivity index (χ3n) is 3.92. The Morgan fingerprint density at radius 1 is 0.960 bits per heavy atom. The highest BCUT2D eigenvalue weighted by molar-refractivity contribution is 9.10. The summed E-state index contributed by atoms with van der Waals surface area (Å²) in [5.74, 6) is -0.141. The van der Waals surface area contributed by atoms with Crippen LogP contribution in [0.5, 0.6) is 0 Å². The van der Waals surface area contributed by atoms with Crippen LogP contribution in [-0.4, -0.2) is 11.9 Å². The van der Waals surface area contributed by atoms with Crippen LogP contribution in [0.15, 0.2) is 59.1 Å². The van der Waals surface area contributed by atoms with Crippen LogP contribution in [0.1, 0.15) is 43.0 Å².